The van der Waals surface area contributed by atoms with Crippen molar-refractivity contribution < 1.29 is 19.4 Å². The van der Waals surface area contributed by atoms with Gasteiger partial charge in [-0.25, -0.2) is 4.79 Å². The molecule has 0 fully saturated rings. The monoisotopic (exact) mass is 296 g/mol. The summed E-state index contributed by atoms with van der Waals surface area (Å²) in [5.41, 5.74) is 3.21. The second-order valence-electron chi connectivity index (χ2n) is 5.26. The van der Waals surface area contributed by atoms with Crippen molar-refractivity contribution in [1.82, 2.24) is 0 Å². The number of aryl methyl sites for hydroxylation is 2. The molecule has 1 N–H and O–H groups in total. The highest BCUT2D eigenvalue weighted by molar-refractivity contribution is 6.11. The molecule has 2 aromatic rings. The summed E-state index contributed by atoms with van der Waals surface area (Å²) in [6.45, 7) is 2.45. The Balaban J connectivity index is 2.07. The van der Waals surface area contributed by atoms with Crippen LogP contribution in [-0.2, 0) is 12.8 Å². The molecule has 0 heterocycles. The average molecular weight is 296 g/mol. The van der Waals surface area contributed by atoms with Gasteiger partial charge in [-0.3, -0.25) is 4.79 Å². The molecule has 3 rings (SSSR count). The Bertz CT molecular complexity index is 762. The van der Waals surface area contributed by atoms with Crippen LogP contribution in [0.3, 0.4) is 0 Å². The van der Waals surface area contributed by atoms with Gasteiger partial charge in [-0.1, -0.05) is 6.07 Å². The number of aromatic carboxylic acids is 1. The number of carbonyl (C=O) groups excluding carboxylic acids is 1. The number of fused-ring (bicyclic) bond motifs is 2. The summed E-state index contributed by atoms with van der Waals surface area (Å²) in [6, 6.07) is 10.3. The normalized spacial score (nSPS) is 13.0. The number of benzene rings is 2. The van der Waals surface area contributed by atoms with Gasteiger partial charge in [0.05, 0.1) is 12.2 Å². The molecule has 1 aliphatic carbocycles. The fourth-order valence-electron chi connectivity index (χ4n) is 2.81. The van der Waals surface area contributed by atoms with E-state index in [-0.39, 0.29) is 11.3 Å². The zero-order chi connectivity index (χ0) is 15.7. The Morgan fingerprint density at radius 2 is 1.86 bits per heavy atom. The topological polar surface area (TPSA) is 63.6 Å². The van der Waals surface area contributed by atoms with Crippen molar-refractivity contribution in [2.45, 2.75) is 19.8 Å². The van der Waals surface area contributed by atoms with Gasteiger partial charge in [-0.2, -0.15) is 0 Å². The Morgan fingerprint density at radius 3 is 2.59 bits per heavy atom. The zero-order valence-electron chi connectivity index (χ0n) is 12.3. The predicted octanol–water partition coefficient (Wildman–Crippen LogP) is 3.11. The van der Waals surface area contributed by atoms with E-state index >= 15 is 0 Å². The lowest BCUT2D eigenvalue weighted by Gasteiger charge is -2.09. The molecule has 1 aliphatic rings. The van der Waals surface area contributed by atoms with Crippen LogP contribution >= 0.6 is 0 Å². The highest BCUT2D eigenvalue weighted by Gasteiger charge is 2.22. The molecule has 22 heavy (non-hydrogen) atoms. The Hall–Kier alpha value is -2.62. The highest BCUT2D eigenvalue weighted by atomic mass is 16.5. The largest absolute Gasteiger partial charge is 0.494 e. The molecule has 0 radical (unpaired) electrons. The van der Waals surface area contributed by atoms with Crippen molar-refractivity contribution >= 4 is 11.8 Å². The summed E-state index contributed by atoms with van der Waals surface area (Å²) in [7, 11) is 0. The van der Waals surface area contributed by atoms with Crippen LogP contribution in [0.4, 0.5) is 0 Å². The Labute approximate surface area is 128 Å². The molecule has 0 atom stereocenters. The SMILES string of the molecule is CCOc1ccc2c(c1)C(=O)c1ccc(C(=O)O)cc1CC2. The first kappa shape index (κ1) is 14.3. The summed E-state index contributed by atoms with van der Waals surface area (Å²) in [5.74, 6) is -0.364. The summed E-state index contributed by atoms with van der Waals surface area (Å²) >= 11 is 0. The van der Waals surface area contributed by atoms with E-state index in [9.17, 15) is 9.59 Å². The number of hydrogen-bond donors (Lipinski definition) is 1. The minimum atomic E-state index is -0.976. The number of carboxylic acids is 1. The maximum Gasteiger partial charge on any atom is 0.335 e. The third kappa shape index (κ3) is 2.48. The van der Waals surface area contributed by atoms with Crippen LogP contribution in [0.2, 0.25) is 0 Å². The van der Waals surface area contributed by atoms with Crippen LogP contribution < -0.4 is 4.74 Å². The predicted molar refractivity (Wildman–Crippen MR) is 81.9 cm³/mol. The standard InChI is InChI=1S/C18H16O4/c1-2-22-14-7-5-11-3-4-12-9-13(18(20)21)6-8-15(12)17(19)16(11)10-14/h5-10H,2-4H2,1H3,(H,20,21). The van der Waals surface area contributed by atoms with Crippen molar-refractivity contribution in [1.29, 1.82) is 0 Å². The van der Waals surface area contributed by atoms with Gasteiger partial charge < -0.3 is 9.84 Å². The molecular weight excluding hydrogens is 280 g/mol. The zero-order valence-corrected chi connectivity index (χ0v) is 12.3. The van der Waals surface area contributed by atoms with Gasteiger partial charge in [0.1, 0.15) is 5.75 Å². The maximum absolute atomic E-state index is 12.8. The van der Waals surface area contributed by atoms with Crippen LogP contribution in [0.15, 0.2) is 36.4 Å². The number of rotatable bonds is 3. The minimum absolute atomic E-state index is 0.0685. The number of ether oxygens (including phenoxy) is 1. The molecule has 2 aromatic carbocycles. The Kier molecular flexibility index (Phi) is 3.67. The van der Waals surface area contributed by atoms with E-state index in [4.69, 9.17) is 9.84 Å². The first-order valence-corrected chi connectivity index (χ1v) is 7.26. The van der Waals surface area contributed by atoms with E-state index in [2.05, 4.69) is 0 Å². The molecule has 4 nitrogen and oxygen atoms in total. The van der Waals surface area contributed by atoms with Crippen LogP contribution in [0.1, 0.15) is 44.3 Å². The van der Waals surface area contributed by atoms with Gasteiger partial charge in [0.15, 0.2) is 5.78 Å². The van der Waals surface area contributed by atoms with Gasteiger partial charge in [0.2, 0.25) is 0 Å². The van der Waals surface area contributed by atoms with Gasteiger partial charge in [-0.05, 0) is 61.2 Å². The fraction of sp³-hybridized carbons (Fsp3) is 0.222. The number of carboxylic acid groups (broad SMARTS) is 1. The van der Waals surface area contributed by atoms with Crippen LogP contribution in [0.5, 0.6) is 5.75 Å². The molecule has 0 saturated heterocycles. The summed E-state index contributed by atoms with van der Waals surface area (Å²) in [5, 5.41) is 9.09. The average Bonchev–Trinajstić information content (AvgIpc) is 2.65. The van der Waals surface area contributed by atoms with Crippen LogP contribution in [-0.4, -0.2) is 23.5 Å². The lowest BCUT2D eigenvalue weighted by atomic mass is 9.97. The molecule has 0 aromatic heterocycles. The molecular formula is C18H16O4. The quantitative estimate of drug-likeness (QED) is 0.945. The van der Waals surface area contributed by atoms with Gasteiger partial charge in [-0.15, -0.1) is 0 Å². The number of ketones is 1. The van der Waals surface area contributed by atoms with E-state index in [1.165, 1.54) is 6.07 Å². The highest BCUT2D eigenvalue weighted by Crippen LogP contribution is 2.28. The molecule has 0 unspecified atom stereocenters. The summed E-state index contributed by atoms with van der Waals surface area (Å²) in [4.78, 5) is 23.9. The van der Waals surface area contributed by atoms with Crippen LogP contribution in [0, 0.1) is 0 Å². The van der Waals surface area contributed by atoms with Crippen molar-refractivity contribution in [3.8, 4) is 5.75 Å². The summed E-state index contributed by atoms with van der Waals surface area (Å²) < 4.78 is 5.47. The molecule has 0 amide bonds. The maximum atomic E-state index is 12.8. The minimum Gasteiger partial charge on any atom is -0.494 e. The number of hydrogen-bond acceptors (Lipinski definition) is 3. The van der Waals surface area contributed by atoms with Gasteiger partial charge in [0, 0.05) is 11.1 Å². The van der Waals surface area contributed by atoms with Gasteiger partial charge >= 0.3 is 5.97 Å². The number of carbonyl (C=O) groups is 2. The van der Waals surface area contributed by atoms with E-state index in [0.29, 0.717) is 36.3 Å². The van der Waals surface area contributed by atoms with E-state index in [1.54, 1.807) is 18.2 Å². The first-order valence-electron chi connectivity index (χ1n) is 7.26. The van der Waals surface area contributed by atoms with Crippen LogP contribution in [0.25, 0.3) is 0 Å². The molecule has 112 valence electrons. The third-order valence-corrected chi connectivity index (χ3v) is 3.90. The van der Waals surface area contributed by atoms with Crippen molar-refractivity contribution in [3.63, 3.8) is 0 Å². The Morgan fingerprint density at radius 1 is 1.09 bits per heavy atom. The second kappa shape index (κ2) is 5.64. The summed E-state index contributed by atoms with van der Waals surface area (Å²) in [6.07, 6.45) is 1.37. The van der Waals surface area contributed by atoms with E-state index in [0.717, 1.165) is 11.1 Å². The molecule has 0 aliphatic heterocycles. The van der Waals surface area contributed by atoms with E-state index in [1.807, 2.05) is 19.1 Å². The van der Waals surface area contributed by atoms with Crippen molar-refractivity contribution in [2.24, 2.45) is 0 Å². The third-order valence-electron chi connectivity index (χ3n) is 3.90. The molecule has 4 heteroatoms. The molecule has 0 spiro atoms. The second-order valence-corrected chi connectivity index (χ2v) is 5.26. The van der Waals surface area contributed by atoms with Crippen molar-refractivity contribution in [2.75, 3.05) is 6.61 Å². The lowest BCUT2D eigenvalue weighted by molar-refractivity contribution is 0.0696. The molecule has 0 bridgehead atoms. The van der Waals surface area contributed by atoms with Gasteiger partial charge in [0.25, 0.3) is 0 Å². The lowest BCUT2D eigenvalue weighted by Crippen LogP contribution is -2.06. The van der Waals surface area contributed by atoms with Crippen molar-refractivity contribution in [3.05, 3.63) is 64.2 Å². The smallest absolute Gasteiger partial charge is 0.335 e. The van der Waals surface area contributed by atoms with E-state index < -0.39 is 5.97 Å². The first-order chi connectivity index (χ1) is 10.6. The molecule has 0 saturated carbocycles. The fourth-order valence-corrected chi connectivity index (χ4v) is 2.81.